The molecule has 0 unspecified atom stereocenters. The molecule has 0 fully saturated rings. The van der Waals surface area contributed by atoms with Crippen LogP contribution in [0.25, 0.3) is 21.5 Å². The third-order valence-electron chi connectivity index (χ3n) is 8.85. The molecule has 1 aliphatic rings. The Morgan fingerprint density at radius 2 is 0.711 bits per heavy atom. The van der Waals surface area contributed by atoms with E-state index in [0.717, 1.165) is 29.7 Å². The molecule has 0 nitrogen and oxygen atoms in total. The summed E-state index contributed by atoms with van der Waals surface area (Å²) < 4.78 is 0. The quantitative estimate of drug-likeness (QED) is 0.0537. The Hall–Kier alpha value is -2.03. The summed E-state index contributed by atoms with van der Waals surface area (Å²) in [5.74, 6) is 0. The van der Waals surface area contributed by atoms with Crippen LogP contribution in [0, 0.1) is 0 Å². The highest BCUT2D eigenvalue weighted by atomic mass is 79.9. The summed E-state index contributed by atoms with van der Waals surface area (Å²) in [5, 5.41) is 5.60. The zero-order chi connectivity index (χ0) is 31.2. The normalized spacial score (nSPS) is 14.4. The molecule has 230 valence electrons. The van der Waals surface area contributed by atoms with Gasteiger partial charge >= 0.3 is 0 Å². The van der Waals surface area contributed by atoms with Crippen LogP contribution in [0.5, 0.6) is 0 Å². The Bertz CT molecular complexity index is 1390. The van der Waals surface area contributed by atoms with E-state index in [0.29, 0.717) is 0 Å². The van der Waals surface area contributed by atoms with E-state index in [9.17, 15) is 0 Å². The largest absolute Gasteiger partial charge is 0.121 e. The monoisotopic (exact) mass is 766 g/mol. The lowest BCUT2D eigenvalue weighted by molar-refractivity contribution is 0.975. The lowest BCUT2D eigenvalue weighted by atomic mass is 9.89. The van der Waals surface area contributed by atoms with Gasteiger partial charge in [-0.15, -0.1) is 0 Å². The second-order valence-electron chi connectivity index (χ2n) is 11.8. The third kappa shape index (κ3) is 8.66. The molecule has 4 aromatic carbocycles. The van der Waals surface area contributed by atoms with Gasteiger partial charge in [-0.1, -0.05) is 190 Å². The van der Waals surface area contributed by atoms with Crippen molar-refractivity contribution in [3.05, 3.63) is 144 Å². The molecule has 45 heavy (non-hydrogen) atoms. The summed E-state index contributed by atoms with van der Waals surface area (Å²) in [5.41, 5.74) is 8.56. The number of rotatable bonds is 18. The molecule has 1 heterocycles. The molecule has 4 radical (unpaired) electrons. The first-order valence-corrected chi connectivity index (χ1v) is 24.0. The number of halogens is 2. The van der Waals surface area contributed by atoms with Crippen LogP contribution in [-0.4, -0.2) is 37.8 Å². The van der Waals surface area contributed by atoms with E-state index in [1.165, 1.54) is 95.3 Å². The van der Waals surface area contributed by atoms with Crippen LogP contribution in [0.15, 0.2) is 121 Å². The second-order valence-corrected chi connectivity index (χ2v) is 20.6. The van der Waals surface area contributed by atoms with E-state index in [4.69, 9.17) is 0 Å². The molecule has 0 saturated carbocycles. The minimum Gasteiger partial charge on any atom is -0.0928 e. The Labute approximate surface area is 294 Å². The molecular formula is C40H44Br2Si3. The molecule has 0 amide bonds. The van der Waals surface area contributed by atoms with Crippen molar-refractivity contribution in [2.75, 3.05) is 10.7 Å². The summed E-state index contributed by atoms with van der Waals surface area (Å²) in [6.45, 7) is 0. The average molecular weight is 769 g/mol. The molecule has 0 spiro atoms. The van der Waals surface area contributed by atoms with Crippen LogP contribution in [0.1, 0.15) is 47.9 Å². The van der Waals surface area contributed by atoms with Crippen LogP contribution in [0.2, 0.25) is 36.3 Å². The summed E-state index contributed by atoms with van der Waals surface area (Å²) in [6, 6.07) is 53.8. The summed E-state index contributed by atoms with van der Waals surface area (Å²) in [6.07, 6.45) is 5.21. The van der Waals surface area contributed by atoms with Gasteiger partial charge in [0.05, 0.1) is 0 Å². The highest BCUT2D eigenvalue weighted by molar-refractivity contribution is 9.09. The first kappa shape index (κ1) is 34.3. The maximum Gasteiger partial charge on any atom is 0.121 e. The Morgan fingerprint density at radius 3 is 1.04 bits per heavy atom. The topological polar surface area (TPSA) is 0 Å². The van der Waals surface area contributed by atoms with Gasteiger partial charge in [-0.05, 0) is 68.7 Å². The van der Waals surface area contributed by atoms with Crippen LogP contribution in [0.4, 0.5) is 0 Å². The van der Waals surface area contributed by atoms with Crippen molar-refractivity contribution in [3.63, 3.8) is 0 Å². The van der Waals surface area contributed by atoms with Gasteiger partial charge in [0, 0.05) is 29.7 Å². The fraction of sp³-hybridized carbons (Fsp3) is 0.300. The van der Waals surface area contributed by atoms with Gasteiger partial charge in [-0.3, -0.25) is 0 Å². The zero-order valence-electron chi connectivity index (χ0n) is 26.3. The van der Waals surface area contributed by atoms with Crippen molar-refractivity contribution in [1.82, 2.24) is 0 Å². The first-order chi connectivity index (χ1) is 22.3. The molecule has 4 aromatic rings. The van der Waals surface area contributed by atoms with Crippen molar-refractivity contribution in [2.24, 2.45) is 0 Å². The van der Waals surface area contributed by atoms with Gasteiger partial charge < -0.3 is 0 Å². The molecule has 0 aliphatic carbocycles. The molecule has 0 N–H and O–H groups in total. The van der Waals surface area contributed by atoms with E-state index in [-0.39, 0.29) is 0 Å². The SMILES string of the molecule is BrCCC[Si]CCC[Si]1(CCC[Si]CCCBr)C(c2ccccc2)=C(c2ccccc2)C(c2ccccc2)=C1c1ccccc1. The van der Waals surface area contributed by atoms with Crippen LogP contribution in [-0.2, 0) is 0 Å². The van der Waals surface area contributed by atoms with Gasteiger partial charge in [0.25, 0.3) is 0 Å². The first-order valence-electron chi connectivity index (χ1n) is 16.5. The van der Waals surface area contributed by atoms with Crippen LogP contribution in [0.3, 0.4) is 0 Å². The van der Waals surface area contributed by atoms with Gasteiger partial charge in [0.2, 0.25) is 0 Å². The predicted molar refractivity (Wildman–Crippen MR) is 212 cm³/mol. The zero-order valence-corrected chi connectivity index (χ0v) is 32.5. The summed E-state index contributed by atoms with van der Waals surface area (Å²) in [4.78, 5) is 0. The standard InChI is InChI=1S/C40H44Br2Si3/c41-25-13-27-43-29-15-31-45(32-16-30-44-28-14-26-42)39(35-21-9-3-10-22-35)37(33-17-5-1-6-18-33)38(34-19-7-2-8-20-34)40(45)36-23-11-4-12-24-36/h1-12,17-24H,13-16,25-32H2. The predicted octanol–water partition coefficient (Wildman–Crippen LogP) is 12.2. The summed E-state index contributed by atoms with van der Waals surface area (Å²) in [7, 11) is -0.136. The lowest BCUT2D eigenvalue weighted by Crippen LogP contribution is -2.37. The van der Waals surface area contributed by atoms with Crippen molar-refractivity contribution >= 4 is 80.5 Å². The lowest BCUT2D eigenvalue weighted by Gasteiger charge is -2.35. The van der Waals surface area contributed by atoms with Crippen LogP contribution >= 0.6 is 31.9 Å². The summed E-state index contributed by atoms with van der Waals surface area (Å²) >= 11 is 7.31. The minimum atomic E-state index is -2.25. The third-order valence-corrected chi connectivity index (χ3v) is 18.2. The number of hydrogen-bond acceptors (Lipinski definition) is 0. The molecule has 0 bridgehead atoms. The fourth-order valence-electron chi connectivity index (χ4n) is 6.98. The van der Waals surface area contributed by atoms with Crippen molar-refractivity contribution in [1.29, 1.82) is 0 Å². The minimum absolute atomic E-state index is 1.06. The Kier molecular flexibility index (Phi) is 14.0. The number of hydrogen-bond donors (Lipinski definition) is 0. The van der Waals surface area contributed by atoms with E-state index >= 15 is 0 Å². The van der Waals surface area contributed by atoms with E-state index in [1.54, 1.807) is 10.4 Å². The number of allylic oxidation sites excluding steroid dienone is 2. The highest BCUT2D eigenvalue weighted by Crippen LogP contribution is 2.59. The highest BCUT2D eigenvalue weighted by Gasteiger charge is 2.49. The molecule has 0 aromatic heterocycles. The van der Waals surface area contributed by atoms with Gasteiger partial charge in [0.15, 0.2) is 0 Å². The van der Waals surface area contributed by atoms with Gasteiger partial charge in [0.1, 0.15) is 8.07 Å². The van der Waals surface area contributed by atoms with Crippen molar-refractivity contribution < 1.29 is 0 Å². The van der Waals surface area contributed by atoms with Gasteiger partial charge in [-0.2, -0.15) is 0 Å². The maximum absolute atomic E-state index is 3.65. The molecule has 5 rings (SSSR count). The maximum atomic E-state index is 3.65. The number of alkyl halides is 2. The molecule has 0 atom stereocenters. The van der Waals surface area contributed by atoms with Crippen molar-refractivity contribution in [2.45, 2.75) is 61.9 Å². The second kappa shape index (κ2) is 18.3. The fourth-order valence-corrected chi connectivity index (χ4v) is 17.5. The molecular weight excluding hydrogens is 725 g/mol. The molecule has 1 aliphatic heterocycles. The van der Waals surface area contributed by atoms with E-state index < -0.39 is 8.07 Å². The average Bonchev–Trinajstić information content (AvgIpc) is 3.40. The number of benzene rings is 4. The Balaban J connectivity index is 1.76. The smallest absolute Gasteiger partial charge is 0.0928 e. The Morgan fingerprint density at radius 1 is 0.400 bits per heavy atom. The molecule has 5 heteroatoms. The van der Waals surface area contributed by atoms with Crippen molar-refractivity contribution in [3.8, 4) is 0 Å². The van der Waals surface area contributed by atoms with Crippen LogP contribution < -0.4 is 0 Å². The van der Waals surface area contributed by atoms with E-state index in [2.05, 4.69) is 153 Å². The molecule has 0 saturated heterocycles. The van der Waals surface area contributed by atoms with Gasteiger partial charge in [-0.25, -0.2) is 0 Å². The van der Waals surface area contributed by atoms with E-state index in [1.807, 2.05) is 0 Å².